The highest BCUT2D eigenvalue weighted by Crippen LogP contribution is 2.28. The van der Waals surface area contributed by atoms with Crippen molar-refractivity contribution in [2.75, 3.05) is 52.3 Å². The molecule has 0 spiro atoms. The largest absolute Gasteiger partial charge is 0.493 e. The van der Waals surface area contributed by atoms with Crippen LogP contribution < -0.4 is 20.5 Å². The number of halogens is 1. The number of piperazine rings is 1. The molecule has 180 valence electrons. The number of methoxy groups -OCH3 is 2. The van der Waals surface area contributed by atoms with Gasteiger partial charge in [-0.25, -0.2) is 0 Å². The van der Waals surface area contributed by atoms with Crippen LogP contribution in [0.5, 0.6) is 11.5 Å². The van der Waals surface area contributed by atoms with E-state index in [1.165, 1.54) is 7.11 Å². The molecule has 1 saturated heterocycles. The second-order valence-corrected chi connectivity index (χ2v) is 7.13. The lowest BCUT2D eigenvalue weighted by molar-refractivity contribution is -0.117. The van der Waals surface area contributed by atoms with Gasteiger partial charge in [-0.3, -0.25) is 19.3 Å². The van der Waals surface area contributed by atoms with Gasteiger partial charge < -0.3 is 30.9 Å². The van der Waals surface area contributed by atoms with Gasteiger partial charge in [0.15, 0.2) is 11.5 Å². The Labute approximate surface area is 198 Å². The molecular weight excluding hydrogens is 452 g/mol. The van der Waals surface area contributed by atoms with Crippen LogP contribution in [0.3, 0.4) is 0 Å². The third-order valence-electron chi connectivity index (χ3n) is 5.11. The van der Waals surface area contributed by atoms with E-state index in [1.54, 1.807) is 54.5 Å². The number of anilines is 1. The zero-order valence-corrected chi connectivity index (χ0v) is 19.3. The predicted octanol–water partition coefficient (Wildman–Crippen LogP) is 0.796. The van der Waals surface area contributed by atoms with Crippen molar-refractivity contribution < 1.29 is 29.3 Å². The summed E-state index contributed by atoms with van der Waals surface area (Å²) in [5.74, 6) is 0.316. The minimum atomic E-state index is -0.515. The molecule has 1 heterocycles. The summed E-state index contributed by atoms with van der Waals surface area (Å²) in [5.41, 5.74) is 6.72. The summed E-state index contributed by atoms with van der Waals surface area (Å²) in [6.45, 7) is 2.44. The lowest BCUT2D eigenvalue weighted by Crippen LogP contribution is -2.50. The van der Waals surface area contributed by atoms with Crippen LogP contribution in [0.4, 0.5) is 5.69 Å². The topological polar surface area (TPSA) is 146 Å². The molecule has 5 N–H and O–H groups in total. The molecule has 0 unspecified atom stereocenters. The van der Waals surface area contributed by atoms with E-state index >= 15 is 0 Å². The molecule has 0 aromatic heterocycles. The van der Waals surface area contributed by atoms with E-state index in [9.17, 15) is 14.4 Å². The third-order valence-corrected chi connectivity index (χ3v) is 5.11. The molecule has 3 amide bonds. The van der Waals surface area contributed by atoms with Gasteiger partial charge in [-0.1, -0.05) is 0 Å². The molecule has 1 aliphatic heterocycles. The Morgan fingerprint density at radius 3 is 2.03 bits per heavy atom. The second-order valence-electron chi connectivity index (χ2n) is 7.13. The molecule has 0 saturated carbocycles. The van der Waals surface area contributed by atoms with Crippen molar-refractivity contribution in [2.45, 2.75) is 0 Å². The smallest absolute Gasteiger partial charge is 0.254 e. The van der Waals surface area contributed by atoms with E-state index in [1.807, 2.05) is 4.90 Å². The van der Waals surface area contributed by atoms with Gasteiger partial charge in [0.05, 0.1) is 20.8 Å². The fourth-order valence-electron chi connectivity index (χ4n) is 3.38. The zero-order valence-electron chi connectivity index (χ0n) is 18.5. The van der Waals surface area contributed by atoms with Gasteiger partial charge in [0.1, 0.15) is 0 Å². The standard InChI is InChI=1S/C22H26N4O5.ClH.H2O/c1-30-18-8-5-16(13-19(18)31-2)22(29)26-11-9-25(10-12-26)14-20(27)24-17-6-3-15(4-7-17)21(23)28;;/h3-8,13H,9-12,14H2,1-2H3,(H2,23,28)(H,24,27);1H;1H2. The summed E-state index contributed by atoms with van der Waals surface area (Å²) >= 11 is 0. The van der Waals surface area contributed by atoms with E-state index in [-0.39, 0.29) is 36.2 Å². The van der Waals surface area contributed by atoms with Gasteiger partial charge in [-0.05, 0) is 42.5 Å². The Balaban J connectivity index is 0.00000272. The number of nitrogens with zero attached hydrogens (tertiary/aromatic N) is 2. The maximum Gasteiger partial charge on any atom is 0.254 e. The van der Waals surface area contributed by atoms with Crippen molar-refractivity contribution in [1.82, 2.24) is 9.80 Å². The number of rotatable bonds is 7. The number of ether oxygens (including phenoxy) is 2. The summed E-state index contributed by atoms with van der Waals surface area (Å²) in [5, 5.41) is 2.80. The first-order valence-electron chi connectivity index (χ1n) is 9.84. The van der Waals surface area contributed by atoms with Gasteiger partial charge in [0.25, 0.3) is 5.91 Å². The molecule has 10 nitrogen and oxygen atoms in total. The SMILES string of the molecule is COc1ccc(C(=O)N2CCN(CC(=O)Nc3ccc(C(N)=O)cc3)CC2)cc1OC.Cl.O. The highest BCUT2D eigenvalue weighted by atomic mass is 35.5. The quantitative estimate of drug-likeness (QED) is 0.599. The fraction of sp³-hybridized carbons (Fsp3) is 0.318. The Bertz CT molecular complexity index is 962. The number of amides is 3. The molecule has 33 heavy (non-hydrogen) atoms. The molecule has 0 atom stereocenters. The van der Waals surface area contributed by atoms with Crippen LogP contribution in [0.15, 0.2) is 42.5 Å². The van der Waals surface area contributed by atoms with Crippen LogP contribution in [0.2, 0.25) is 0 Å². The van der Waals surface area contributed by atoms with Gasteiger partial charge in [0, 0.05) is 43.0 Å². The van der Waals surface area contributed by atoms with E-state index in [0.717, 1.165) is 0 Å². The van der Waals surface area contributed by atoms with Gasteiger partial charge in [0.2, 0.25) is 11.8 Å². The van der Waals surface area contributed by atoms with E-state index in [4.69, 9.17) is 15.2 Å². The number of hydrogen-bond donors (Lipinski definition) is 2. The van der Waals surface area contributed by atoms with Crippen molar-refractivity contribution in [3.05, 3.63) is 53.6 Å². The molecule has 0 radical (unpaired) electrons. The minimum Gasteiger partial charge on any atom is -0.493 e. The molecule has 3 rings (SSSR count). The molecule has 1 aliphatic rings. The predicted molar refractivity (Wildman–Crippen MR) is 126 cm³/mol. The van der Waals surface area contributed by atoms with Crippen molar-refractivity contribution in [3.63, 3.8) is 0 Å². The first-order chi connectivity index (χ1) is 14.9. The van der Waals surface area contributed by atoms with Gasteiger partial charge >= 0.3 is 0 Å². The summed E-state index contributed by atoms with van der Waals surface area (Å²) in [6, 6.07) is 11.5. The average Bonchev–Trinajstić information content (AvgIpc) is 2.79. The van der Waals surface area contributed by atoms with Gasteiger partial charge in [-0.2, -0.15) is 0 Å². The second kappa shape index (κ2) is 12.6. The first kappa shape index (κ1) is 27.7. The Morgan fingerprint density at radius 2 is 1.48 bits per heavy atom. The van der Waals surface area contributed by atoms with Crippen LogP contribution in [-0.2, 0) is 4.79 Å². The number of benzene rings is 2. The van der Waals surface area contributed by atoms with Crippen LogP contribution in [0.1, 0.15) is 20.7 Å². The molecule has 2 aromatic carbocycles. The number of carbonyl (C=O) groups is 3. The van der Waals surface area contributed by atoms with Crippen molar-refractivity contribution in [2.24, 2.45) is 5.73 Å². The van der Waals surface area contributed by atoms with Crippen molar-refractivity contribution in [3.8, 4) is 11.5 Å². The third kappa shape index (κ3) is 7.07. The molecule has 2 aromatic rings. The zero-order chi connectivity index (χ0) is 22.4. The summed E-state index contributed by atoms with van der Waals surface area (Å²) < 4.78 is 10.5. The van der Waals surface area contributed by atoms with E-state index in [0.29, 0.717) is 54.5 Å². The van der Waals surface area contributed by atoms with E-state index in [2.05, 4.69) is 5.32 Å². The summed E-state index contributed by atoms with van der Waals surface area (Å²) in [7, 11) is 3.08. The lowest BCUT2D eigenvalue weighted by Gasteiger charge is -2.34. The highest BCUT2D eigenvalue weighted by Gasteiger charge is 2.24. The number of primary amides is 1. The number of carbonyl (C=O) groups excluding carboxylic acids is 3. The summed E-state index contributed by atoms with van der Waals surface area (Å²) in [4.78, 5) is 40.0. The molecule has 0 bridgehead atoms. The Hall–Kier alpha value is -3.34. The number of hydrogen-bond acceptors (Lipinski definition) is 6. The van der Waals surface area contributed by atoms with Crippen LogP contribution in [0.25, 0.3) is 0 Å². The monoisotopic (exact) mass is 480 g/mol. The average molecular weight is 481 g/mol. The van der Waals surface area contributed by atoms with Crippen LogP contribution in [0, 0.1) is 0 Å². The number of nitrogens with two attached hydrogens (primary N) is 1. The van der Waals surface area contributed by atoms with Crippen molar-refractivity contribution in [1.29, 1.82) is 0 Å². The maximum absolute atomic E-state index is 12.8. The lowest BCUT2D eigenvalue weighted by atomic mass is 10.1. The molecule has 0 aliphatic carbocycles. The minimum absolute atomic E-state index is 0. The van der Waals surface area contributed by atoms with Gasteiger partial charge in [-0.15, -0.1) is 12.4 Å². The Kier molecular flexibility index (Phi) is 10.6. The van der Waals surface area contributed by atoms with Crippen LogP contribution in [-0.4, -0.2) is 79.9 Å². The first-order valence-corrected chi connectivity index (χ1v) is 9.84. The highest BCUT2D eigenvalue weighted by molar-refractivity contribution is 5.96. The normalized spacial score (nSPS) is 13.2. The Morgan fingerprint density at radius 1 is 0.909 bits per heavy atom. The fourth-order valence-corrected chi connectivity index (χ4v) is 3.38. The van der Waals surface area contributed by atoms with Crippen molar-refractivity contribution >= 4 is 35.8 Å². The van der Waals surface area contributed by atoms with Crippen LogP contribution >= 0.6 is 12.4 Å². The molecular formula is C22H29ClN4O6. The van der Waals surface area contributed by atoms with E-state index < -0.39 is 5.91 Å². The molecule has 11 heteroatoms. The maximum atomic E-state index is 12.8. The molecule has 1 fully saturated rings. The number of nitrogens with one attached hydrogen (secondary N) is 1. The summed E-state index contributed by atoms with van der Waals surface area (Å²) in [6.07, 6.45) is 0.